The fourth-order valence-corrected chi connectivity index (χ4v) is 3.31. The van der Waals surface area contributed by atoms with Crippen LogP contribution in [0.15, 0.2) is 18.2 Å². The molecule has 0 spiro atoms. The summed E-state index contributed by atoms with van der Waals surface area (Å²) >= 11 is 5.75. The Morgan fingerprint density at radius 2 is 2.00 bits per heavy atom. The van der Waals surface area contributed by atoms with Crippen molar-refractivity contribution >= 4 is 11.6 Å². The van der Waals surface area contributed by atoms with Crippen molar-refractivity contribution < 1.29 is 9.50 Å². The zero-order valence-electron chi connectivity index (χ0n) is 11.5. The Hall–Kier alpha value is -0.640. The Bertz CT molecular complexity index is 444. The number of aliphatic hydroxyl groups excluding tert-OH is 1. The van der Waals surface area contributed by atoms with Crippen LogP contribution in [0.5, 0.6) is 0 Å². The van der Waals surface area contributed by atoms with Gasteiger partial charge in [0.1, 0.15) is 5.82 Å². The van der Waals surface area contributed by atoms with E-state index in [1.807, 2.05) is 14.1 Å². The van der Waals surface area contributed by atoms with Gasteiger partial charge in [0.2, 0.25) is 0 Å². The number of likely N-dealkylation sites (N-methyl/N-ethyl adjacent to an activating group) is 1. The van der Waals surface area contributed by atoms with Crippen molar-refractivity contribution in [3.05, 3.63) is 34.6 Å². The molecular formula is C15H21ClFNO. The molecule has 1 aromatic carbocycles. The molecule has 2 rings (SSSR count). The maximum absolute atomic E-state index is 13.8. The fourth-order valence-electron chi connectivity index (χ4n) is 3.15. The average molecular weight is 286 g/mol. The molecular weight excluding hydrogens is 265 g/mol. The average Bonchev–Trinajstić information content (AvgIpc) is 2.83. The van der Waals surface area contributed by atoms with Crippen molar-refractivity contribution in [2.45, 2.75) is 43.7 Å². The molecule has 1 fully saturated rings. The van der Waals surface area contributed by atoms with E-state index in [2.05, 4.69) is 4.90 Å². The van der Waals surface area contributed by atoms with Gasteiger partial charge in [0.25, 0.3) is 0 Å². The summed E-state index contributed by atoms with van der Waals surface area (Å²) in [5.74, 6) is -0.335. The van der Waals surface area contributed by atoms with Crippen molar-refractivity contribution in [2.75, 3.05) is 14.1 Å². The second-order valence-electron chi connectivity index (χ2n) is 5.66. The highest BCUT2D eigenvalue weighted by Crippen LogP contribution is 2.38. The summed E-state index contributed by atoms with van der Waals surface area (Å²) in [6.45, 7) is 0. The third-order valence-electron chi connectivity index (χ3n) is 4.41. The number of hydrogen-bond donors (Lipinski definition) is 1. The van der Waals surface area contributed by atoms with E-state index in [0.29, 0.717) is 17.0 Å². The lowest BCUT2D eigenvalue weighted by Gasteiger charge is -2.40. The molecule has 2 nitrogen and oxygen atoms in total. The van der Waals surface area contributed by atoms with Gasteiger partial charge >= 0.3 is 0 Å². The first kappa shape index (κ1) is 14.8. The molecule has 1 aliphatic carbocycles. The van der Waals surface area contributed by atoms with E-state index in [-0.39, 0.29) is 11.4 Å². The zero-order valence-corrected chi connectivity index (χ0v) is 12.3. The molecule has 1 unspecified atom stereocenters. The number of halogens is 2. The molecule has 4 heteroatoms. The Morgan fingerprint density at radius 1 is 1.37 bits per heavy atom. The highest BCUT2D eigenvalue weighted by atomic mass is 35.5. The molecule has 106 valence electrons. The van der Waals surface area contributed by atoms with E-state index >= 15 is 0 Å². The summed E-state index contributed by atoms with van der Waals surface area (Å²) in [6.07, 6.45) is 3.96. The lowest BCUT2D eigenvalue weighted by Crippen LogP contribution is -2.52. The van der Waals surface area contributed by atoms with Gasteiger partial charge in [0, 0.05) is 17.0 Å². The highest BCUT2D eigenvalue weighted by Gasteiger charge is 2.42. The second kappa shape index (κ2) is 5.78. The predicted octanol–water partition coefficient (Wildman–Crippen LogP) is 3.26. The van der Waals surface area contributed by atoms with Crippen molar-refractivity contribution in [2.24, 2.45) is 0 Å². The third kappa shape index (κ3) is 2.93. The van der Waals surface area contributed by atoms with Crippen LogP contribution in [-0.4, -0.2) is 35.7 Å². The van der Waals surface area contributed by atoms with Gasteiger partial charge < -0.3 is 10.0 Å². The molecule has 1 aliphatic rings. The Balaban J connectivity index is 2.17. The van der Waals surface area contributed by atoms with Gasteiger partial charge in [-0.1, -0.05) is 30.5 Å². The number of hydrogen-bond acceptors (Lipinski definition) is 2. The minimum absolute atomic E-state index is 0.216. The van der Waals surface area contributed by atoms with E-state index in [4.69, 9.17) is 11.6 Å². The molecule has 0 radical (unpaired) electrons. The summed E-state index contributed by atoms with van der Waals surface area (Å²) in [7, 11) is 3.99. The van der Waals surface area contributed by atoms with Gasteiger partial charge in [-0.2, -0.15) is 0 Å². The van der Waals surface area contributed by atoms with Gasteiger partial charge in [-0.25, -0.2) is 4.39 Å². The smallest absolute Gasteiger partial charge is 0.127 e. The molecule has 0 bridgehead atoms. The summed E-state index contributed by atoms with van der Waals surface area (Å²) in [4.78, 5) is 2.10. The lowest BCUT2D eigenvalue weighted by molar-refractivity contribution is -0.00293. The van der Waals surface area contributed by atoms with Crippen LogP contribution >= 0.6 is 11.6 Å². The quantitative estimate of drug-likeness (QED) is 0.918. The SMILES string of the molecule is CN(C)C1(C(O)Cc2ccc(Cl)cc2F)CCCC1. The molecule has 19 heavy (non-hydrogen) atoms. The lowest BCUT2D eigenvalue weighted by atomic mass is 9.85. The van der Waals surface area contributed by atoms with Gasteiger partial charge in [-0.3, -0.25) is 0 Å². The van der Waals surface area contributed by atoms with Crippen molar-refractivity contribution in [3.63, 3.8) is 0 Å². The van der Waals surface area contributed by atoms with Crippen LogP contribution in [0.4, 0.5) is 4.39 Å². The van der Waals surface area contributed by atoms with Gasteiger partial charge in [-0.15, -0.1) is 0 Å². The molecule has 0 aromatic heterocycles. The van der Waals surface area contributed by atoms with Crippen LogP contribution in [0.25, 0.3) is 0 Å². The molecule has 1 saturated carbocycles. The largest absolute Gasteiger partial charge is 0.391 e. The van der Waals surface area contributed by atoms with E-state index < -0.39 is 6.10 Å². The zero-order chi connectivity index (χ0) is 14.0. The maximum atomic E-state index is 13.8. The van der Waals surface area contributed by atoms with E-state index in [0.717, 1.165) is 25.7 Å². The maximum Gasteiger partial charge on any atom is 0.127 e. The standard InChI is InChI=1S/C15H21ClFNO/c1-18(2)15(7-3-4-8-15)14(19)9-11-5-6-12(16)10-13(11)17/h5-6,10,14,19H,3-4,7-9H2,1-2H3. The predicted molar refractivity (Wildman–Crippen MR) is 76.0 cm³/mol. The Kier molecular flexibility index (Phi) is 4.49. The summed E-state index contributed by atoms with van der Waals surface area (Å²) < 4.78 is 13.8. The number of nitrogens with zero attached hydrogens (tertiary/aromatic N) is 1. The second-order valence-corrected chi connectivity index (χ2v) is 6.10. The molecule has 1 aromatic rings. The first-order valence-corrected chi connectivity index (χ1v) is 7.13. The van der Waals surface area contributed by atoms with Gasteiger partial charge in [-0.05, 0) is 44.6 Å². The van der Waals surface area contributed by atoms with Gasteiger partial charge in [0.05, 0.1) is 6.10 Å². The normalized spacial score (nSPS) is 19.9. The molecule has 0 aliphatic heterocycles. The monoisotopic (exact) mass is 285 g/mol. The van der Waals surface area contributed by atoms with E-state index in [1.165, 1.54) is 6.07 Å². The van der Waals surface area contributed by atoms with Crippen LogP contribution in [0.1, 0.15) is 31.2 Å². The van der Waals surface area contributed by atoms with Crippen LogP contribution in [0, 0.1) is 5.82 Å². The van der Waals surface area contributed by atoms with Gasteiger partial charge in [0.15, 0.2) is 0 Å². The minimum Gasteiger partial charge on any atom is -0.391 e. The van der Waals surface area contributed by atoms with Crippen LogP contribution in [0.2, 0.25) is 5.02 Å². The number of benzene rings is 1. The first-order valence-electron chi connectivity index (χ1n) is 6.75. The molecule has 0 amide bonds. The van der Waals surface area contributed by atoms with Crippen molar-refractivity contribution in [1.29, 1.82) is 0 Å². The van der Waals surface area contributed by atoms with E-state index in [1.54, 1.807) is 12.1 Å². The Labute approximate surface area is 119 Å². The summed E-state index contributed by atoms with van der Waals surface area (Å²) in [5, 5.41) is 11.0. The van der Waals surface area contributed by atoms with Crippen LogP contribution in [0.3, 0.4) is 0 Å². The fraction of sp³-hybridized carbons (Fsp3) is 0.600. The number of rotatable bonds is 4. The Morgan fingerprint density at radius 3 is 2.53 bits per heavy atom. The summed E-state index contributed by atoms with van der Waals surface area (Å²) in [6, 6.07) is 4.64. The highest BCUT2D eigenvalue weighted by molar-refractivity contribution is 6.30. The van der Waals surface area contributed by atoms with Crippen LogP contribution < -0.4 is 0 Å². The van der Waals surface area contributed by atoms with Crippen molar-refractivity contribution in [3.8, 4) is 0 Å². The molecule has 0 heterocycles. The minimum atomic E-state index is -0.555. The molecule has 0 saturated heterocycles. The molecule has 1 atom stereocenters. The first-order chi connectivity index (χ1) is 8.95. The topological polar surface area (TPSA) is 23.5 Å². The van der Waals surface area contributed by atoms with Crippen LogP contribution in [-0.2, 0) is 6.42 Å². The summed E-state index contributed by atoms with van der Waals surface area (Å²) in [5.41, 5.74) is 0.316. The third-order valence-corrected chi connectivity index (χ3v) is 4.64. The molecule has 1 N–H and O–H groups in total. The van der Waals surface area contributed by atoms with Crippen molar-refractivity contribution in [1.82, 2.24) is 4.90 Å². The number of aliphatic hydroxyl groups is 1. The van der Waals surface area contributed by atoms with E-state index in [9.17, 15) is 9.50 Å².